The molecule has 1 N–H and O–H groups in total. The Morgan fingerprint density at radius 2 is 1.88 bits per heavy atom. The third-order valence-corrected chi connectivity index (χ3v) is 2.52. The van der Waals surface area contributed by atoms with Gasteiger partial charge in [0.1, 0.15) is 6.07 Å². The number of hydrogen-bond donors (Lipinski definition) is 1. The van der Waals surface area contributed by atoms with Gasteiger partial charge < -0.3 is 0 Å². The molecule has 1 aromatic carbocycles. The number of hydrogen-bond acceptors (Lipinski definition) is 4. The fourth-order valence-electron chi connectivity index (χ4n) is 1.69. The van der Waals surface area contributed by atoms with E-state index in [-0.39, 0.29) is 22.3 Å². The Balaban J connectivity index is 2.91. The molecule has 5 nitrogen and oxygen atoms in total. The lowest BCUT2D eigenvalue weighted by molar-refractivity contribution is 0.0879. The van der Waals surface area contributed by atoms with Gasteiger partial charge in [0, 0.05) is 0 Å². The lowest BCUT2D eigenvalue weighted by atomic mass is 9.94. The summed E-state index contributed by atoms with van der Waals surface area (Å²) in [5.41, 5.74) is 0.929. The van der Waals surface area contributed by atoms with Crippen molar-refractivity contribution in [3.05, 3.63) is 33.9 Å². The van der Waals surface area contributed by atoms with Crippen LogP contribution in [-0.2, 0) is 0 Å². The molecule has 0 saturated heterocycles. The van der Waals surface area contributed by atoms with Crippen molar-refractivity contribution in [3.8, 4) is 12.1 Å². The minimum absolute atomic E-state index is 0.0731. The SMILES string of the molecule is Cc1c(C#N)cc2c(c1C#N)C(=O)NC2=O. The van der Waals surface area contributed by atoms with E-state index < -0.39 is 11.8 Å². The predicted octanol–water partition coefficient (Wildman–Crippen LogP) is 0.622. The highest BCUT2D eigenvalue weighted by Crippen LogP contribution is 2.25. The number of nitrogens with zero attached hydrogens (tertiary/aromatic N) is 2. The summed E-state index contributed by atoms with van der Waals surface area (Å²) in [5, 5.41) is 19.9. The van der Waals surface area contributed by atoms with E-state index in [1.54, 1.807) is 6.92 Å². The van der Waals surface area contributed by atoms with Crippen molar-refractivity contribution in [1.82, 2.24) is 5.32 Å². The third-order valence-electron chi connectivity index (χ3n) is 2.52. The highest BCUT2D eigenvalue weighted by Gasteiger charge is 2.31. The standard InChI is InChI=1S/C11H5N3O2/c1-5-6(3-12)2-7-9(8(5)4-13)11(16)14-10(7)15/h2H,1H3,(H,14,15,16). The van der Waals surface area contributed by atoms with Crippen LogP contribution in [0.4, 0.5) is 0 Å². The van der Waals surface area contributed by atoms with Crippen molar-refractivity contribution in [3.63, 3.8) is 0 Å². The first-order chi connectivity index (χ1) is 7.60. The molecule has 1 aromatic rings. The summed E-state index contributed by atoms with van der Waals surface area (Å²) in [4.78, 5) is 22.8. The smallest absolute Gasteiger partial charge is 0.260 e. The van der Waals surface area contributed by atoms with Crippen molar-refractivity contribution in [1.29, 1.82) is 10.5 Å². The van der Waals surface area contributed by atoms with E-state index in [4.69, 9.17) is 10.5 Å². The monoisotopic (exact) mass is 211 g/mol. The fraction of sp³-hybridized carbons (Fsp3) is 0.0909. The van der Waals surface area contributed by atoms with Crippen LogP contribution in [0, 0.1) is 29.6 Å². The van der Waals surface area contributed by atoms with Crippen LogP contribution in [0.2, 0.25) is 0 Å². The molecule has 0 atom stereocenters. The molecule has 0 fully saturated rings. The number of rotatable bonds is 0. The first-order valence-electron chi connectivity index (χ1n) is 4.43. The minimum Gasteiger partial charge on any atom is -0.288 e. The molecule has 1 aliphatic rings. The second-order valence-corrected chi connectivity index (χ2v) is 3.35. The molecule has 0 unspecified atom stereocenters. The zero-order chi connectivity index (χ0) is 11.9. The van der Waals surface area contributed by atoms with Gasteiger partial charge in [0.2, 0.25) is 0 Å². The molecule has 76 valence electrons. The Labute approximate surface area is 90.9 Å². The zero-order valence-corrected chi connectivity index (χ0v) is 8.29. The van der Waals surface area contributed by atoms with Gasteiger partial charge in [-0.2, -0.15) is 10.5 Å². The molecule has 16 heavy (non-hydrogen) atoms. The van der Waals surface area contributed by atoms with E-state index in [9.17, 15) is 9.59 Å². The van der Waals surface area contributed by atoms with E-state index in [0.29, 0.717) is 5.56 Å². The number of benzene rings is 1. The van der Waals surface area contributed by atoms with Crippen LogP contribution < -0.4 is 5.32 Å². The van der Waals surface area contributed by atoms with E-state index in [1.807, 2.05) is 12.1 Å². The van der Waals surface area contributed by atoms with Crippen molar-refractivity contribution in [2.45, 2.75) is 6.92 Å². The minimum atomic E-state index is -0.580. The van der Waals surface area contributed by atoms with Crippen LogP contribution >= 0.6 is 0 Å². The highest BCUT2D eigenvalue weighted by atomic mass is 16.2. The van der Waals surface area contributed by atoms with Crippen LogP contribution in [0.1, 0.15) is 37.4 Å². The highest BCUT2D eigenvalue weighted by molar-refractivity contribution is 6.22. The van der Waals surface area contributed by atoms with Crippen molar-refractivity contribution < 1.29 is 9.59 Å². The predicted molar refractivity (Wildman–Crippen MR) is 52.4 cm³/mol. The average molecular weight is 211 g/mol. The maximum Gasteiger partial charge on any atom is 0.260 e. The topological polar surface area (TPSA) is 93.8 Å². The first kappa shape index (κ1) is 9.88. The molecule has 1 heterocycles. The van der Waals surface area contributed by atoms with Crippen LogP contribution in [0.25, 0.3) is 0 Å². The molecule has 5 heteroatoms. The maximum absolute atomic E-state index is 11.4. The molecule has 1 aliphatic heterocycles. The largest absolute Gasteiger partial charge is 0.288 e. The molecule has 2 amide bonds. The third kappa shape index (κ3) is 1.09. The number of amides is 2. The molecule has 0 aromatic heterocycles. The Morgan fingerprint density at radius 3 is 2.44 bits per heavy atom. The van der Waals surface area contributed by atoms with Crippen LogP contribution in [0.3, 0.4) is 0 Å². The van der Waals surface area contributed by atoms with Crippen LogP contribution in [-0.4, -0.2) is 11.8 Å². The second kappa shape index (κ2) is 3.18. The average Bonchev–Trinajstić information content (AvgIpc) is 2.54. The second-order valence-electron chi connectivity index (χ2n) is 3.35. The molecular weight excluding hydrogens is 206 g/mol. The van der Waals surface area contributed by atoms with Gasteiger partial charge in [-0.05, 0) is 18.6 Å². The van der Waals surface area contributed by atoms with Crippen LogP contribution in [0.15, 0.2) is 6.07 Å². The molecule has 0 bridgehead atoms. The van der Waals surface area contributed by atoms with Gasteiger partial charge in [0.05, 0.1) is 28.3 Å². The number of nitrogens with one attached hydrogen (secondary N) is 1. The molecule has 0 radical (unpaired) electrons. The Kier molecular flexibility index (Phi) is 1.96. The van der Waals surface area contributed by atoms with Crippen molar-refractivity contribution in [2.24, 2.45) is 0 Å². The van der Waals surface area contributed by atoms with E-state index in [2.05, 4.69) is 5.32 Å². The van der Waals surface area contributed by atoms with E-state index >= 15 is 0 Å². The Morgan fingerprint density at radius 1 is 1.19 bits per heavy atom. The maximum atomic E-state index is 11.4. The van der Waals surface area contributed by atoms with E-state index in [0.717, 1.165) is 0 Å². The van der Waals surface area contributed by atoms with Crippen molar-refractivity contribution in [2.75, 3.05) is 0 Å². The Hall–Kier alpha value is -2.66. The lowest BCUT2D eigenvalue weighted by Crippen LogP contribution is -2.20. The summed E-state index contributed by atoms with van der Waals surface area (Å²) < 4.78 is 0. The van der Waals surface area contributed by atoms with Crippen LogP contribution in [0.5, 0.6) is 0 Å². The number of fused-ring (bicyclic) bond motifs is 1. The number of carbonyl (C=O) groups excluding carboxylic acids is 2. The molecule has 0 saturated carbocycles. The molecular formula is C11H5N3O2. The fourth-order valence-corrected chi connectivity index (χ4v) is 1.69. The zero-order valence-electron chi connectivity index (χ0n) is 8.29. The summed E-state index contributed by atoms with van der Waals surface area (Å²) in [6.07, 6.45) is 0. The van der Waals surface area contributed by atoms with Gasteiger partial charge in [0.25, 0.3) is 11.8 Å². The normalized spacial score (nSPS) is 12.7. The van der Waals surface area contributed by atoms with Gasteiger partial charge in [-0.15, -0.1) is 0 Å². The van der Waals surface area contributed by atoms with Crippen molar-refractivity contribution >= 4 is 11.8 Å². The quantitative estimate of drug-likeness (QED) is 0.636. The Bertz CT molecular complexity index is 618. The summed E-state index contributed by atoms with van der Waals surface area (Å²) in [6.45, 7) is 1.58. The summed E-state index contributed by atoms with van der Waals surface area (Å²) in [7, 11) is 0. The number of nitriles is 2. The molecule has 0 spiro atoms. The lowest BCUT2D eigenvalue weighted by Gasteiger charge is -2.03. The van der Waals surface area contributed by atoms with E-state index in [1.165, 1.54) is 6.07 Å². The van der Waals surface area contributed by atoms with Gasteiger partial charge in [-0.25, -0.2) is 0 Å². The van der Waals surface area contributed by atoms with Gasteiger partial charge >= 0.3 is 0 Å². The van der Waals surface area contributed by atoms with Gasteiger partial charge in [-0.3, -0.25) is 14.9 Å². The molecule has 2 rings (SSSR count). The number of carbonyl (C=O) groups is 2. The van der Waals surface area contributed by atoms with Gasteiger partial charge in [-0.1, -0.05) is 0 Å². The van der Waals surface area contributed by atoms with Gasteiger partial charge in [0.15, 0.2) is 0 Å². The summed E-state index contributed by atoms with van der Waals surface area (Å²) in [6, 6.07) is 5.09. The summed E-state index contributed by atoms with van der Waals surface area (Å²) in [5.74, 6) is -1.14. The number of imide groups is 1. The summed E-state index contributed by atoms with van der Waals surface area (Å²) >= 11 is 0. The molecule has 0 aliphatic carbocycles. The first-order valence-corrected chi connectivity index (χ1v) is 4.43.